The van der Waals surface area contributed by atoms with Gasteiger partial charge in [0.15, 0.2) is 0 Å². The summed E-state index contributed by atoms with van der Waals surface area (Å²) in [5.74, 6) is 0. The highest BCUT2D eigenvalue weighted by atomic mass is 15.0. The summed E-state index contributed by atoms with van der Waals surface area (Å²) in [4.78, 5) is 0. The first kappa shape index (κ1) is 14.1. The van der Waals surface area contributed by atoms with Crippen LogP contribution in [-0.2, 0) is 26.3 Å². The third-order valence-electron chi connectivity index (χ3n) is 4.82. The van der Waals surface area contributed by atoms with Crippen molar-refractivity contribution < 1.29 is 0 Å². The van der Waals surface area contributed by atoms with Gasteiger partial charge in [0.05, 0.1) is 0 Å². The van der Waals surface area contributed by atoms with E-state index in [0.29, 0.717) is 0 Å². The lowest BCUT2D eigenvalue weighted by Crippen LogP contribution is -2.06. The lowest BCUT2D eigenvalue weighted by atomic mass is 9.90. The van der Waals surface area contributed by atoms with Crippen LogP contribution >= 0.6 is 0 Å². The topological polar surface area (TPSA) is 4.93 Å². The largest absolute Gasteiger partial charge is 0.348 e. The Balaban J connectivity index is 1.64. The molecule has 23 heavy (non-hydrogen) atoms. The number of hydrogen-bond acceptors (Lipinski definition) is 0. The summed E-state index contributed by atoms with van der Waals surface area (Å²) in [5.41, 5.74) is 8.41. The number of hydrogen-bond donors (Lipinski definition) is 0. The normalized spacial score (nSPS) is 13.1. The standard InChI is InChI=1S/C22H21N/c1-23-19(12-7-10-17-8-3-2-4-9-17)16-21-20-13-6-5-11-18(20)14-15-22(21)23/h2-9,11-13,16H,10,14-15H2,1H3/b12-7+. The minimum absolute atomic E-state index is 0.979. The molecule has 114 valence electrons. The van der Waals surface area contributed by atoms with Crippen molar-refractivity contribution in [1.82, 2.24) is 4.57 Å². The van der Waals surface area contributed by atoms with Crippen molar-refractivity contribution >= 4 is 6.08 Å². The van der Waals surface area contributed by atoms with Crippen molar-refractivity contribution in [3.05, 3.63) is 89.3 Å². The number of aryl methyl sites for hydroxylation is 1. The summed E-state index contributed by atoms with van der Waals surface area (Å²) in [7, 11) is 2.19. The second-order valence-electron chi connectivity index (χ2n) is 6.24. The molecule has 1 nitrogen and oxygen atoms in total. The van der Waals surface area contributed by atoms with Gasteiger partial charge in [-0.05, 0) is 48.1 Å². The molecule has 0 amide bonds. The number of rotatable bonds is 3. The number of fused-ring (bicyclic) bond motifs is 3. The van der Waals surface area contributed by atoms with Crippen molar-refractivity contribution in [2.24, 2.45) is 7.05 Å². The fourth-order valence-electron chi connectivity index (χ4n) is 3.54. The summed E-state index contributed by atoms with van der Waals surface area (Å²) < 4.78 is 2.35. The van der Waals surface area contributed by atoms with Gasteiger partial charge in [-0.2, -0.15) is 0 Å². The second kappa shape index (κ2) is 5.92. The fourth-order valence-corrected chi connectivity index (χ4v) is 3.54. The monoisotopic (exact) mass is 299 g/mol. The summed E-state index contributed by atoms with van der Waals surface area (Å²) in [6, 6.07) is 21.8. The van der Waals surface area contributed by atoms with Crippen molar-refractivity contribution in [3.8, 4) is 11.1 Å². The third-order valence-corrected chi connectivity index (χ3v) is 4.82. The Morgan fingerprint density at radius 1 is 0.913 bits per heavy atom. The zero-order valence-corrected chi connectivity index (χ0v) is 13.5. The van der Waals surface area contributed by atoms with Gasteiger partial charge in [0.1, 0.15) is 0 Å². The Morgan fingerprint density at radius 3 is 2.57 bits per heavy atom. The SMILES string of the molecule is Cn1c(/C=C/Cc2ccccc2)cc2c1CCc1ccccc1-2. The van der Waals surface area contributed by atoms with Crippen LogP contribution in [-0.4, -0.2) is 4.57 Å². The van der Waals surface area contributed by atoms with E-state index in [-0.39, 0.29) is 0 Å². The van der Waals surface area contributed by atoms with E-state index in [1.54, 1.807) is 0 Å². The third kappa shape index (κ3) is 2.63. The molecule has 0 aliphatic heterocycles. The van der Waals surface area contributed by atoms with Crippen LogP contribution in [0, 0.1) is 0 Å². The van der Waals surface area contributed by atoms with Crippen molar-refractivity contribution in [2.45, 2.75) is 19.3 Å². The predicted octanol–water partition coefficient (Wildman–Crippen LogP) is 5.05. The average Bonchev–Trinajstić information content (AvgIpc) is 2.93. The molecule has 1 aliphatic rings. The van der Waals surface area contributed by atoms with E-state index >= 15 is 0 Å². The van der Waals surface area contributed by atoms with Crippen LogP contribution in [0.2, 0.25) is 0 Å². The first-order valence-corrected chi connectivity index (χ1v) is 8.30. The zero-order chi connectivity index (χ0) is 15.6. The Morgan fingerprint density at radius 2 is 1.70 bits per heavy atom. The Labute approximate surface area is 137 Å². The lowest BCUT2D eigenvalue weighted by molar-refractivity contribution is 0.788. The van der Waals surface area contributed by atoms with Gasteiger partial charge < -0.3 is 4.57 Å². The van der Waals surface area contributed by atoms with Crippen molar-refractivity contribution in [2.75, 3.05) is 0 Å². The quantitative estimate of drug-likeness (QED) is 0.638. The predicted molar refractivity (Wildman–Crippen MR) is 97.4 cm³/mol. The van der Waals surface area contributed by atoms with Crippen LogP contribution in [0.25, 0.3) is 17.2 Å². The van der Waals surface area contributed by atoms with Crippen molar-refractivity contribution in [3.63, 3.8) is 0 Å². The second-order valence-corrected chi connectivity index (χ2v) is 6.24. The molecule has 4 rings (SSSR count). The Bertz CT molecular complexity index is 853. The summed E-state index contributed by atoms with van der Waals surface area (Å²) in [6.45, 7) is 0. The molecule has 0 saturated carbocycles. The molecular weight excluding hydrogens is 278 g/mol. The highest BCUT2D eigenvalue weighted by Crippen LogP contribution is 2.35. The molecule has 0 spiro atoms. The van der Waals surface area contributed by atoms with Gasteiger partial charge in [-0.3, -0.25) is 0 Å². The van der Waals surface area contributed by atoms with E-state index in [1.165, 1.54) is 33.6 Å². The van der Waals surface area contributed by atoms with E-state index in [1.807, 2.05) is 0 Å². The molecule has 0 N–H and O–H groups in total. The van der Waals surface area contributed by atoms with Gasteiger partial charge in [0.25, 0.3) is 0 Å². The van der Waals surface area contributed by atoms with Gasteiger partial charge in [-0.15, -0.1) is 0 Å². The lowest BCUT2D eigenvalue weighted by Gasteiger charge is -2.17. The van der Waals surface area contributed by atoms with Gasteiger partial charge in [-0.1, -0.05) is 60.7 Å². The van der Waals surface area contributed by atoms with E-state index in [4.69, 9.17) is 0 Å². The van der Waals surface area contributed by atoms with Crippen LogP contribution in [0.3, 0.4) is 0 Å². The van der Waals surface area contributed by atoms with Crippen molar-refractivity contribution in [1.29, 1.82) is 0 Å². The molecule has 1 aliphatic carbocycles. The molecule has 0 unspecified atom stereocenters. The molecule has 0 atom stereocenters. The number of nitrogens with zero attached hydrogens (tertiary/aromatic N) is 1. The van der Waals surface area contributed by atoms with Crippen LogP contribution in [0.4, 0.5) is 0 Å². The highest BCUT2D eigenvalue weighted by molar-refractivity contribution is 5.75. The van der Waals surface area contributed by atoms with Crippen LogP contribution < -0.4 is 0 Å². The van der Waals surface area contributed by atoms with E-state index in [2.05, 4.69) is 84.4 Å². The molecule has 1 aromatic heterocycles. The van der Waals surface area contributed by atoms with Gasteiger partial charge in [0.2, 0.25) is 0 Å². The Hall–Kier alpha value is -2.54. The van der Waals surface area contributed by atoms with Crippen LogP contribution in [0.5, 0.6) is 0 Å². The summed E-state index contributed by atoms with van der Waals surface area (Å²) >= 11 is 0. The minimum atomic E-state index is 0.979. The zero-order valence-electron chi connectivity index (χ0n) is 13.5. The molecule has 2 aromatic carbocycles. The van der Waals surface area contributed by atoms with Gasteiger partial charge in [0, 0.05) is 24.0 Å². The average molecular weight is 299 g/mol. The molecule has 0 fully saturated rings. The van der Waals surface area contributed by atoms with Gasteiger partial charge in [-0.25, -0.2) is 0 Å². The maximum atomic E-state index is 2.35. The molecule has 1 heteroatoms. The van der Waals surface area contributed by atoms with E-state index < -0.39 is 0 Å². The summed E-state index contributed by atoms with van der Waals surface area (Å²) in [6.07, 6.45) is 7.78. The fraction of sp³-hybridized carbons (Fsp3) is 0.182. The number of aromatic nitrogens is 1. The molecule has 0 radical (unpaired) electrons. The molecule has 0 saturated heterocycles. The molecule has 0 bridgehead atoms. The Kier molecular flexibility index (Phi) is 3.63. The summed E-state index contributed by atoms with van der Waals surface area (Å²) in [5, 5.41) is 0. The van der Waals surface area contributed by atoms with Crippen LogP contribution in [0.1, 0.15) is 22.5 Å². The maximum absolute atomic E-state index is 2.35. The highest BCUT2D eigenvalue weighted by Gasteiger charge is 2.19. The number of allylic oxidation sites excluding steroid dienone is 1. The van der Waals surface area contributed by atoms with Crippen LogP contribution in [0.15, 0.2) is 66.7 Å². The molecule has 3 aromatic rings. The smallest absolute Gasteiger partial charge is 0.0409 e. The first-order chi connectivity index (χ1) is 11.3. The number of benzene rings is 2. The van der Waals surface area contributed by atoms with E-state index in [9.17, 15) is 0 Å². The molecule has 1 heterocycles. The molecular formula is C22H21N. The minimum Gasteiger partial charge on any atom is -0.348 e. The van der Waals surface area contributed by atoms with Gasteiger partial charge >= 0.3 is 0 Å². The van der Waals surface area contributed by atoms with E-state index in [0.717, 1.165) is 19.3 Å². The first-order valence-electron chi connectivity index (χ1n) is 8.30. The maximum Gasteiger partial charge on any atom is 0.0409 e.